The second-order valence-electron chi connectivity index (χ2n) is 3.89. The van der Waals surface area contributed by atoms with Crippen molar-refractivity contribution >= 4 is 23.2 Å². The predicted octanol–water partition coefficient (Wildman–Crippen LogP) is 1.24. The molecule has 0 spiro atoms. The van der Waals surface area contributed by atoms with Crippen LogP contribution in [0.15, 0.2) is 12.1 Å². The molecule has 1 saturated heterocycles. The molecule has 5 nitrogen and oxygen atoms in total. The van der Waals surface area contributed by atoms with Gasteiger partial charge in [-0.1, -0.05) is 0 Å². The van der Waals surface area contributed by atoms with Gasteiger partial charge < -0.3 is 15.2 Å². The molecule has 6 heteroatoms. The zero-order valence-corrected chi connectivity index (χ0v) is 9.96. The van der Waals surface area contributed by atoms with Crippen LogP contribution in [0.3, 0.4) is 0 Å². The summed E-state index contributed by atoms with van der Waals surface area (Å²) in [4.78, 5) is 22.8. The van der Waals surface area contributed by atoms with E-state index in [4.69, 9.17) is 9.84 Å². The summed E-state index contributed by atoms with van der Waals surface area (Å²) in [5.74, 6) is -0.841. The molecule has 92 valence electrons. The van der Waals surface area contributed by atoms with E-state index in [9.17, 15) is 9.59 Å². The van der Waals surface area contributed by atoms with E-state index in [1.54, 1.807) is 12.1 Å². The largest absolute Gasteiger partial charge is 0.477 e. The Morgan fingerprint density at radius 3 is 3.00 bits per heavy atom. The summed E-state index contributed by atoms with van der Waals surface area (Å²) in [6.45, 7) is 0.871. The Morgan fingerprint density at radius 2 is 2.41 bits per heavy atom. The van der Waals surface area contributed by atoms with Gasteiger partial charge in [0.25, 0.3) is 0 Å². The van der Waals surface area contributed by atoms with E-state index in [0.29, 0.717) is 24.5 Å². The molecular formula is C11H13NO4S. The first kappa shape index (κ1) is 12.1. The standard InChI is InChI=1S/C11H13NO4S/c13-10-4-1-7(12-10)5-16-6-8-2-3-9(17-8)11(14)15/h2-3,7H,1,4-6H2,(H,12,13)(H,14,15)/t7-/m0/s1. The Kier molecular flexibility index (Phi) is 3.75. The van der Waals surface area contributed by atoms with Crippen LogP contribution in [-0.4, -0.2) is 29.6 Å². The van der Waals surface area contributed by atoms with Crippen LogP contribution in [0.4, 0.5) is 0 Å². The summed E-state index contributed by atoms with van der Waals surface area (Å²) < 4.78 is 5.45. The first-order chi connectivity index (χ1) is 8.15. The van der Waals surface area contributed by atoms with Crippen molar-refractivity contribution < 1.29 is 19.4 Å². The smallest absolute Gasteiger partial charge is 0.345 e. The average molecular weight is 255 g/mol. The minimum Gasteiger partial charge on any atom is -0.477 e. The Labute approximate surface area is 102 Å². The highest BCUT2D eigenvalue weighted by Gasteiger charge is 2.20. The molecule has 0 saturated carbocycles. The molecule has 1 fully saturated rings. The van der Waals surface area contributed by atoms with Crippen LogP contribution in [0.5, 0.6) is 0 Å². The maximum Gasteiger partial charge on any atom is 0.345 e. The van der Waals surface area contributed by atoms with Gasteiger partial charge in [0.1, 0.15) is 4.88 Å². The summed E-state index contributed by atoms with van der Waals surface area (Å²) in [7, 11) is 0. The lowest BCUT2D eigenvalue weighted by Crippen LogP contribution is -2.29. The number of rotatable bonds is 5. The van der Waals surface area contributed by atoms with Gasteiger partial charge >= 0.3 is 5.97 Å². The van der Waals surface area contributed by atoms with Crippen LogP contribution in [0.1, 0.15) is 27.4 Å². The summed E-state index contributed by atoms with van der Waals surface area (Å²) in [6, 6.07) is 3.42. The van der Waals surface area contributed by atoms with Gasteiger partial charge in [0, 0.05) is 11.3 Å². The first-order valence-electron chi connectivity index (χ1n) is 5.34. The second-order valence-corrected chi connectivity index (χ2v) is 5.06. The maximum atomic E-state index is 10.9. The summed E-state index contributed by atoms with van der Waals surface area (Å²) in [5, 5.41) is 11.6. The fourth-order valence-electron chi connectivity index (χ4n) is 1.67. The van der Waals surface area contributed by atoms with Crippen LogP contribution in [0, 0.1) is 0 Å². The van der Waals surface area contributed by atoms with E-state index in [2.05, 4.69) is 5.32 Å². The highest BCUT2D eigenvalue weighted by molar-refractivity contribution is 7.13. The lowest BCUT2D eigenvalue weighted by atomic mass is 10.2. The molecule has 2 N–H and O–H groups in total. The quantitative estimate of drug-likeness (QED) is 0.830. The fourth-order valence-corrected chi connectivity index (χ4v) is 2.46. The molecule has 17 heavy (non-hydrogen) atoms. The highest BCUT2D eigenvalue weighted by atomic mass is 32.1. The Hall–Kier alpha value is -1.40. The Morgan fingerprint density at radius 1 is 1.59 bits per heavy atom. The number of carbonyl (C=O) groups is 2. The van der Waals surface area contributed by atoms with Gasteiger partial charge in [-0.2, -0.15) is 0 Å². The predicted molar refractivity (Wildman–Crippen MR) is 62.1 cm³/mol. The number of carboxylic acids is 1. The van der Waals surface area contributed by atoms with Crippen LogP contribution in [0.25, 0.3) is 0 Å². The normalized spacial score (nSPS) is 19.3. The van der Waals surface area contributed by atoms with Crippen LogP contribution < -0.4 is 5.32 Å². The lowest BCUT2D eigenvalue weighted by Gasteiger charge is -2.09. The molecule has 0 unspecified atom stereocenters. The van der Waals surface area contributed by atoms with Crippen LogP contribution in [0.2, 0.25) is 0 Å². The summed E-state index contributed by atoms with van der Waals surface area (Å²) >= 11 is 1.21. The monoisotopic (exact) mass is 255 g/mol. The van der Waals surface area contributed by atoms with Crippen LogP contribution in [-0.2, 0) is 16.1 Å². The number of carbonyl (C=O) groups excluding carboxylic acids is 1. The Bertz CT molecular complexity index is 429. The van der Waals surface area contributed by atoms with Crippen LogP contribution >= 0.6 is 11.3 Å². The third-order valence-electron chi connectivity index (χ3n) is 2.52. The highest BCUT2D eigenvalue weighted by Crippen LogP contribution is 2.17. The summed E-state index contributed by atoms with van der Waals surface area (Å²) in [5.41, 5.74) is 0. The fraction of sp³-hybridized carbons (Fsp3) is 0.455. The molecule has 2 heterocycles. The van der Waals surface area contributed by atoms with Gasteiger partial charge in [-0.05, 0) is 18.6 Å². The zero-order valence-electron chi connectivity index (χ0n) is 9.14. The molecule has 1 aliphatic rings. The van der Waals surface area contributed by atoms with Gasteiger partial charge in [0.2, 0.25) is 5.91 Å². The molecule has 0 bridgehead atoms. The molecule has 2 rings (SSSR count). The number of ether oxygens (including phenoxy) is 1. The molecule has 1 aromatic rings. The van der Waals surface area contributed by atoms with Gasteiger partial charge in [0.15, 0.2) is 0 Å². The number of carboxylic acid groups (broad SMARTS) is 1. The minimum absolute atomic E-state index is 0.0721. The molecule has 1 aliphatic heterocycles. The third-order valence-corrected chi connectivity index (χ3v) is 3.57. The van der Waals surface area contributed by atoms with E-state index in [-0.39, 0.29) is 11.9 Å². The number of aromatic carboxylic acids is 1. The number of nitrogens with one attached hydrogen (secondary N) is 1. The minimum atomic E-state index is -0.913. The topological polar surface area (TPSA) is 75.6 Å². The van der Waals surface area contributed by atoms with Crippen molar-refractivity contribution in [2.45, 2.75) is 25.5 Å². The van der Waals surface area contributed by atoms with Crippen molar-refractivity contribution in [3.8, 4) is 0 Å². The molecule has 0 radical (unpaired) electrons. The average Bonchev–Trinajstić information content (AvgIpc) is 2.88. The van der Waals surface area contributed by atoms with Crippen molar-refractivity contribution in [2.75, 3.05) is 6.61 Å². The molecule has 0 aliphatic carbocycles. The van der Waals surface area contributed by atoms with Crippen molar-refractivity contribution in [1.29, 1.82) is 0 Å². The van der Waals surface area contributed by atoms with E-state index in [1.165, 1.54) is 11.3 Å². The lowest BCUT2D eigenvalue weighted by molar-refractivity contribution is -0.119. The van der Waals surface area contributed by atoms with Gasteiger partial charge in [0.05, 0.1) is 19.3 Å². The van der Waals surface area contributed by atoms with E-state index >= 15 is 0 Å². The van der Waals surface area contributed by atoms with Gasteiger partial charge in [-0.3, -0.25) is 4.79 Å². The Balaban J connectivity index is 1.74. The summed E-state index contributed by atoms with van der Waals surface area (Å²) in [6.07, 6.45) is 1.37. The molecule has 1 aromatic heterocycles. The number of hydrogen-bond donors (Lipinski definition) is 2. The van der Waals surface area contributed by atoms with Crippen molar-refractivity contribution in [3.05, 3.63) is 21.9 Å². The van der Waals surface area contributed by atoms with Gasteiger partial charge in [-0.15, -0.1) is 11.3 Å². The number of amides is 1. The molecule has 0 aromatic carbocycles. The number of thiophene rings is 1. The second kappa shape index (κ2) is 5.29. The SMILES string of the molecule is O=C1CC[C@@H](COCc2ccc(C(=O)O)s2)N1. The van der Waals surface area contributed by atoms with Gasteiger partial charge in [-0.25, -0.2) is 4.79 Å². The molecular weight excluding hydrogens is 242 g/mol. The first-order valence-corrected chi connectivity index (χ1v) is 6.16. The molecule has 1 atom stereocenters. The number of hydrogen-bond acceptors (Lipinski definition) is 4. The van der Waals surface area contributed by atoms with Crippen molar-refractivity contribution in [2.24, 2.45) is 0 Å². The van der Waals surface area contributed by atoms with E-state index < -0.39 is 5.97 Å². The van der Waals surface area contributed by atoms with Crippen molar-refractivity contribution in [1.82, 2.24) is 5.32 Å². The third kappa shape index (κ3) is 3.28. The molecule has 1 amide bonds. The van der Waals surface area contributed by atoms with E-state index in [1.807, 2.05) is 0 Å². The maximum absolute atomic E-state index is 10.9. The van der Waals surface area contributed by atoms with Crippen molar-refractivity contribution in [3.63, 3.8) is 0 Å². The van der Waals surface area contributed by atoms with E-state index in [0.717, 1.165) is 11.3 Å². The zero-order chi connectivity index (χ0) is 12.3.